The number of aliphatic imine (C=N–C) groups is 1. The van der Waals surface area contributed by atoms with E-state index in [2.05, 4.69) is 20.9 Å². The minimum Gasteiger partial charge on any atom is -0.481 e. The van der Waals surface area contributed by atoms with Gasteiger partial charge >= 0.3 is 5.97 Å². The molecule has 0 aliphatic rings. The molecule has 0 aliphatic heterocycles. The first-order valence-corrected chi connectivity index (χ1v) is 4.23. The summed E-state index contributed by atoms with van der Waals surface area (Å²) in [6.45, 7) is 0. The van der Waals surface area contributed by atoms with Gasteiger partial charge in [-0.25, -0.2) is 0 Å². The minimum absolute atomic E-state index is 0.0698. The van der Waals surface area contributed by atoms with E-state index in [4.69, 9.17) is 16.2 Å². The molecule has 0 saturated carbocycles. The topological polar surface area (TPSA) is 99.5 Å². The van der Waals surface area contributed by atoms with Crippen LogP contribution in [0.2, 0.25) is 0 Å². The quantitative estimate of drug-likeness (QED) is 0.370. The van der Waals surface area contributed by atoms with Gasteiger partial charge in [0.05, 0.1) is 5.75 Å². The molecule has 0 saturated heterocycles. The predicted octanol–water partition coefficient (Wildman–Crippen LogP) is 0.449. The molecule has 0 rings (SSSR count). The van der Waals surface area contributed by atoms with Crippen molar-refractivity contribution >= 4 is 43.6 Å². The van der Waals surface area contributed by atoms with Gasteiger partial charge in [-0.15, -0.1) is 0 Å². The number of hydrogen-bond donors (Lipinski definition) is 3. The number of rotatable bonds is 2. The van der Waals surface area contributed by atoms with Crippen molar-refractivity contribution < 1.29 is 9.90 Å². The van der Waals surface area contributed by atoms with Crippen LogP contribution < -0.4 is 5.73 Å². The Morgan fingerprint density at radius 2 is 2.36 bits per heavy atom. The standard InChI is InChI=1S/C4H6BrN3O2S/c5-3(6)8-4(7)11-1-2(9)10/h1H2,(H,9,10)(H3,6,7,8). The Morgan fingerprint density at radius 3 is 2.73 bits per heavy atom. The second kappa shape index (κ2) is 5.14. The molecule has 62 valence electrons. The highest BCUT2D eigenvalue weighted by Gasteiger charge is 2.00. The number of aliphatic carboxylic acids is 1. The number of thioether (sulfide) groups is 1. The largest absolute Gasteiger partial charge is 0.481 e. The zero-order valence-electron chi connectivity index (χ0n) is 5.37. The summed E-state index contributed by atoms with van der Waals surface area (Å²) in [5.74, 6) is -1.16. The van der Waals surface area contributed by atoms with Gasteiger partial charge in [0.1, 0.15) is 0 Å². The summed E-state index contributed by atoms with van der Waals surface area (Å²) in [6.07, 6.45) is 0. The third-order valence-electron chi connectivity index (χ3n) is 0.541. The van der Waals surface area contributed by atoms with Gasteiger partial charge in [0.15, 0.2) is 9.91 Å². The first kappa shape index (κ1) is 10.4. The number of carboxylic acid groups (broad SMARTS) is 1. The third-order valence-corrected chi connectivity index (χ3v) is 1.47. The molecular formula is C4H6BrN3O2S. The highest BCUT2D eigenvalue weighted by Crippen LogP contribution is 2.03. The molecule has 0 spiro atoms. The molecule has 0 aromatic rings. The molecule has 11 heavy (non-hydrogen) atoms. The van der Waals surface area contributed by atoms with Crippen molar-refractivity contribution in [2.45, 2.75) is 0 Å². The van der Waals surface area contributed by atoms with Gasteiger partial charge in [-0.2, -0.15) is 4.99 Å². The summed E-state index contributed by atoms with van der Waals surface area (Å²) in [6, 6.07) is 0. The number of carboxylic acids is 1. The number of amidine groups is 2. The molecule has 4 N–H and O–H groups in total. The van der Waals surface area contributed by atoms with Crippen LogP contribution in [-0.2, 0) is 4.79 Å². The minimum atomic E-state index is -0.983. The van der Waals surface area contributed by atoms with E-state index >= 15 is 0 Å². The van der Waals surface area contributed by atoms with Crippen molar-refractivity contribution in [1.82, 2.24) is 0 Å². The number of nitrogens with one attached hydrogen (secondary N) is 1. The van der Waals surface area contributed by atoms with Gasteiger partial charge in [-0.05, 0) is 15.9 Å². The van der Waals surface area contributed by atoms with Crippen LogP contribution >= 0.6 is 27.7 Å². The number of nitrogens with two attached hydrogens (primary N) is 1. The van der Waals surface area contributed by atoms with Crippen LogP contribution in [0.5, 0.6) is 0 Å². The molecule has 0 amide bonds. The Balaban J connectivity index is 3.71. The monoisotopic (exact) mass is 239 g/mol. The van der Waals surface area contributed by atoms with E-state index in [0.717, 1.165) is 11.8 Å². The van der Waals surface area contributed by atoms with E-state index in [-0.39, 0.29) is 15.7 Å². The van der Waals surface area contributed by atoms with Gasteiger partial charge < -0.3 is 10.8 Å². The van der Waals surface area contributed by atoms with Gasteiger partial charge in [0.2, 0.25) is 0 Å². The molecule has 0 aliphatic carbocycles. The summed E-state index contributed by atoms with van der Waals surface area (Å²) in [7, 11) is 0. The van der Waals surface area contributed by atoms with Crippen LogP contribution in [0.3, 0.4) is 0 Å². The van der Waals surface area contributed by atoms with Crippen molar-refractivity contribution in [3.8, 4) is 0 Å². The molecule has 0 atom stereocenters. The lowest BCUT2D eigenvalue weighted by atomic mass is 10.8. The Bertz CT molecular complexity index is 202. The van der Waals surface area contributed by atoms with E-state index in [1.165, 1.54) is 0 Å². The SMILES string of the molecule is N=C(N=C(N)Br)SCC(=O)O. The molecule has 0 aromatic heterocycles. The summed E-state index contributed by atoms with van der Waals surface area (Å²) < 4.78 is 0.0698. The number of hydrogen-bond acceptors (Lipinski definition) is 3. The van der Waals surface area contributed by atoms with Crippen LogP contribution in [0.25, 0.3) is 0 Å². The predicted molar refractivity (Wildman–Crippen MR) is 48.4 cm³/mol. The van der Waals surface area contributed by atoms with Crippen LogP contribution in [0, 0.1) is 5.41 Å². The first-order valence-electron chi connectivity index (χ1n) is 2.45. The number of halogens is 1. The van der Waals surface area contributed by atoms with Crippen molar-refractivity contribution in [3.05, 3.63) is 0 Å². The molecule has 0 unspecified atom stereocenters. The van der Waals surface area contributed by atoms with Crippen molar-refractivity contribution in [2.75, 3.05) is 5.75 Å². The van der Waals surface area contributed by atoms with Gasteiger partial charge in [-0.1, -0.05) is 11.8 Å². The molecule has 0 bridgehead atoms. The molecular weight excluding hydrogens is 234 g/mol. The van der Waals surface area contributed by atoms with E-state index in [0.29, 0.717) is 0 Å². The van der Waals surface area contributed by atoms with Crippen LogP contribution in [0.4, 0.5) is 0 Å². The van der Waals surface area contributed by atoms with Crippen LogP contribution in [0.15, 0.2) is 4.99 Å². The molecule has 0 fully saturated rings. The third kappa shape index (κ3) is 7.34. The normalized spacial score (nSPS) is 11.2. The maximum atomic E-state index is 9.98. The molecule has 0 heterocycles. The second-order valence-corrected chi connectivity index (χ2v) is 3.20. The van der Waals surface area contributed by atoms with Gasteiger partial charge in [-0.3, -0.25) is 10.2 Å². The summed E-state index contributed by atoms with van der Waals surface area (Å²) in [4.78, 5) is 13.4. The lowest BCUT2D eigenvalue weighted by Gasteiger charge is -1.93. The second-order valence-electron chi connectivity index (χ2n) is 1.42. The van der Waals surface area contributed by atoms with Crippen LogP contribution in [-0.4, -0.2) is 26.7 Å². The highest BCUT2D eigenvalue weighted by atomic mass is 79.9. The maximum Gasteiger partial charge on any atom is 0.313 e. The summed E-state index contributed by atoms with van der Waals surface area (Å²) in [5.41, 5.74) is 5.06. The van der Waals surface area contributed by atoms with E-state index in [1.54, 1.807) is 0 Å². The van der Waals surface area contributed by atoms with Crippen molar-refractivity contribution in [3.63, 3.8) is 0 Å². The highest BCUT2D eigenvalue weighted by molar-refractivity contribution is 9.18. The first-order chi connectivity index (χ1) is 5.02. The van der Waals surface area contributed by atoms with Gasteiger partial charge in [0, 0.05) is 0 Å². The fourth-order valence-electron chi connectivity index (χ4n) is 0.259. The lowest BCUT2D eigenvalue weighted by Crippen LogP contribution is -2.05. The fourth-order valence-corrected chi connectivity index (χ4v) is 0.977. The van der Waals surface area contributed by atoms with Crippen LogP contribution in [0.1, 0.15) is 0 Å². The summed E-state index contributed by atoms with van der Waals surface area (Å²) in [5, 5.41) is 15.1. The number of carbonyl (C=O) groups is 1. The molecule has 5 nitrogen and oxygen atoms in total. The fraction of sp³-hybridized carbons (Fsp3) is 0.250. The Kier molecular flexibility index (Phi) is 4.88. The van der Waals surface area contributed by atoms with Crippen molar-refractivity contribution in [2.24, 2.45) is 10.7 Å². The van der Waals surface area contributed by atoms with E-state index < -0.39 is 5.97 Å². The zero-order valence-corrected chi connectivity index (χ0v) is 7.78. The molecule has 7 heteroatoms. The van der Waals surface area contributed by atoms with E-state index in [9.17, 15) is 4.79 Å². The average molecular weight is 240 g/mol. The number of nitrogens with zero attached hydrogens (tertiary/aromatic N) is 1. The summed E-state index contributed by atoms with van der Waals surface area (Å²) >= 11 is 3.61. The lowest BCUT2D eigenvalue weighted by molar-refractivity contribution is -0.133. The molecule has 0 aromatic carbocycles. The van der Waals surface area contributed by atoms with Crippen molar-refractivity contribution in [1.29, 1.82) is 5.41 Å². The Labute approximate surface area is 75.7 Å². The average Bonchev–Trinajstić information content (AvgIpc) is 1.82. The maximum absolute atomic E-state index is 9.98. The molecule has 0 radical (unpaired) electrons. The zero-order chi connectivity index (χ0) is 8.85. The Hall–Kier alpha value is -0.560. The smallest absolute Gasteiger partial charge is 0.313 e. The van der Waals surface area contributed by atoms with E-state index in [1.807, 2.05) is 0 Å². The van der Waals surface area contributed by atoms with Gasteiger partial charge in [0.25, 0.3) is 0 Å². The Morgan fingerprint density at radius 1 is 1.82 bits per heavy atom.